The maximum atomic E-state index is 12.0. The van der Waals surface area contributed by atoms with Crippen LogP contribution in [0.3, 0.4) is 0 Å². The molecule has 0 unspecified atom stereocenters. The summed E-state index contributed by atoms with van der Waals surface area (Å²) in [4.78, 5) is 38.1. The average molecular weight is 321 g/mol. The molecule has 1 fully saturated rings. The highest BCUT2D eigenvalue weighted by molar-refractivity contribution is 5.93. The zero-order valence-electron chi connectivity index (χ0n) is 12.7. The molecule has 8 nitrogen and oxygen atoms in total. The van der Waals surface area contributed by atoms with E-state index in [1.54, 1.807) is 0 Å². The molecule has 8 heteroatoms. The lowest BCUT2D eigenvalue weighted by molar-refractivity contribution is -0.142. The Kier molecular flexibility index (Phi) is 5.51. The molecule has 1 saturated carbocycles. The number of anilines is 1. The Bertz CT molecular complexity index is 597. The normalized spacial score (nSPS) is 20.4. The van der Waals surface area contributed by atoms with Crippen molar-refractivity contribution in [3.63, 3.8) is 0 Å². The van der Waals surface area contributed by atoms with Crippen molar-refractivity contribution in [2.75, 3.05) is 12.4 Å². The molecule has 1 aromatic heterocycles. The van der Waals surface area contributed by atoms with Gasteiger partial charge in [-0.2, -0.15) is 0 Å². The Morgan fingerprint density at radius 1 is 1.22 bits per heavy atom. The van der Waals surface area contributed by atoms with E-state index in [1.165, 1.54) is 25.6 Å². The smallest absolute Gasteiger partial charge is 0.339 e. The highest BCUT2D eigenvalue weighted by atomic mass is 16.5. The summed E-state index contributed by atoms with van der Waals surface area (Å²) in [5.41, 5.74) is 0.622. The molecule has 23 heavy (non-hydrogen) atoms. The molecule has 3 N–H and O–H groups in total. The number of hydrogen-bond acceptors (Lipinski definition) is 5. The number of aromatic nitrogens is 1. The molecule has 0 aliphatic heterocycles. The third-order valence-corrected chi connectivity index (χ3v) is 3.83. The highest BCUT2D eigenvalue weighted by Gasteiger charge is 2.26. The van der Waals surface area contributed by atoms with Crippen molar-refractivity contribution in [3.8, 4) is 0 Å². The predicted octanol–water partition coefficient (Wildman–Crippen LogP) is 1.63. The maximum Gasteiger partial charge on any atom is 0.339 e. The van der Waals surface area contributed by atoms with Crippen LogP contribution in [0.25, 0.3) is 0 Å². The first-order valence-corrected chi connectivity index (χ1v) is 7.33. The summed E-state index contributed by atoms with van der Waals surface area (Å²) in [7, 11) is 1.27. The Morgan fingerprint density at radius 3 is 2.52 bits per heavy atom. The Hall–Kier alpha value is -2.64. The zero-order valence-corrected chi connectivity index (χ0v) is 12.7. The third-order valence-electron chi connectivity index (χ3n) is 3.83. The van der Waals surface area contributed by atoms with Crippen LogP contribution in [0.2, 0.25) is 0 Å². The fourth-order valence-electron chi connectivity index (χ4n) is 2.58. The lowest BCUT2D eigenvalue weighted by Gasteiger charge is -2.26. The van der Waals surface area contributed by atoms with Gasteiger partial charge in [-0.05, 0) is 31.7 Å². The second kappa shape index (κ2) is 7.57. The van der Waals surface area contributed by atoms with Crippen molar-refractivity contribution in [2.24, 2.45) is 5.92 Å². The number of carboxylic acid groups (broad SMARTS) is 1. The number of carboxylic acids is 1. The topological polar surface area (TPSA) is 118 Å². The van der Waals surface area contributed by atoms with Crippen LogP contribution in [-0.2, 0) is 9.53 Å². The number of aliphatic carboxylic acids is 1. The lowest BCUT2D eigenvalue weighted by Crippen LogP contribution is -2.41. The van der Waals surface area contributed by atoms with Gasteiger partial charge < -0.3 is 20.5 Å². The number of carbonyl (C=O) groups is 3. The van der Waals surface area contributed by atoms with Gasteiger partial charge in [-0.3, -0.25) is 9.78 Å². The van der Waals surface area contributed by atoms with Gasteiger partial charge in [-0.15, -0.1) is 0 Å². The monoisotopic (exact) mass is 321 g/mol. The minimum absolute atomic E-state index is 0.0534. The van der Waals surface area contributed by atoms with E-state index in [0.29, 0.717) is 31.4 Å². The van der Waals surface area contributed by atoms with Crippen molar-refractivity contribution < 1.29 is 24.2 Å². The number of carbonyl (C=O) groups excluding carboxylic acids is 2. The van der Waals surface area contributed by atoms with Gasteiger partial charge >= 0.3 is 18.0 Å². The molecule has 1 aliphatic carbocycles. The summed E-state index contributed by atoms with van der Waals surface area (Å²) in [5.74, 6) is -1.63. The number of methoxy groups -OCH3 is 1. The van der Waals surface area contributed by atoms with Crippen molar-refractivity contribution in [1.29, 1.82) is 0 Å². The predicted molar refractivity (Wildman–Crippen MR) is 81.1 cm³/mol. The van der Waals surface area contributed by atoms with Gasteiger partial charge in [-0.25, -0.2) is 9.59 Å². The first-order valence-electron chi connectivity index (χ1n) is 7.33. The molecule has 2 amide bonds. The average Bonchev–Trinajstić information content (AvgIpc) is 2.54. The van der Waals surface area contributed by atoms with Gasteiger partial charge in [0.25, 0.3) is 0 Å². The highest BCUT2D eigenvalue weighted by Crippen LogP contribution is 2.24. The van der Waals surface area contributed by atoms with Gasteiger partial charge in [0.1, 0.15) is 0 Å². The standard InChI is InChI=1S/C15H19N3O5/c1-23-14(21)10-6-12(8-16-7-10)18-15(22)17-11-4-2-9(3-5-11)13(19)20/h6-9,11H,2-5H2,1H3,(H,19,20)(H2,17,18,22). The van der Waals surface area contributed by atoms with Crippen molar-refractivity contribution >= 4 is 23.7 Å². The van der Waals surface area contributed by atoms with E-state index < -0.39 is 18.0 Å². The number of hydrogen-bond donors (Lipinski definition) is 3. The fourth-order valence-corrected chi connectivity index (χ4v) is 2.58. The van der Waals surface area contributed by atoms with Crippen LogP contribution < -0.4 is 10.6 Å². The van der Waals surface area contributed by atoms with Crippen LogP contribution in [-0.4, -0.2) is 41.2 Å². The van der Waals surface area contributed by atoms with Crippen LogP contribution >= 0.6 is 0 Å². The van der Waals surface area contributed by atoms with Crippen molar-refractivity contribution in [1.82, 2.24) is 10.3 Å². The van der Waals surface area contributed by atoms with E-state index in [9.17, 15) is 14.4 Å². The number of nitrogens with one attached hydrogen (secondary N) is 2. The number of ether oxygens (including phenoxy) is 1. The molecule has 2 rings (SSSR count). The van der Waals surface area contributed by atoms with E-state index in [0.717, 1.165) is 0 Å². The van der Waals surface area contributed by atoms with Crippen LogP contribution in [0.5, 0.6) is 0 Å². The van der Waals surface area contributed by atoms with E-state index in [2.05, 4.69) is 20.4 Å². The molecular formula is C15H19N3O5. The van der Waals surface area contributed by atoms with E-state index in [4.69, 9.17) is 5.11 Å². The summed E-state index contributed by atoms with van der Waals surface area (Å²) >= 11 is 0. The molecule has 0 atom stereocenters. The first-order chi connectivity index (χ1) is 11.0. The zero-order chi connectivity index (χ0) is 16.8. The van der Waals surface area contributed by atoms with Gasteiger partial charge in [0.2, 0.25) is 0 Å². The van der Waals surface area contributed by atoms with E-state index in [1.807, 2.05) is 0 Å². The second-order valence-corrected chi connectivity index (χ2v) is 5.44. The van der Waals surface area contributed by atoms with E-state index in [-0.39, 0.29) is 17.5 Å². The molecular weight excluding hydrogens is 302 g/mol. The molecule has 0 saturated heterocycles. The number of rotatable bonds is 4. The van der Waals surface area contributed by atoms with Crippen LogP contribution in [0.1, 0.15) is 36.0 Å². The lowest BCUT2D eigenvalue weighted by atomic mass is 9.86. The Morgan fingerprint density at radius 2 is 1.91 bits per heavy atom. The van der Waals surface area contributed by atoms with Crippen LogP contribution in [0.4, 0.5) is 10.5 Å². The van der Waals surface area contributed by atoms with Gasteiger partial charge in [0, 0.05) is 12.2 Å². The number of urea groups is 1. The van der Waals surface area contributed by atoms with Crippen LogP contribution in [0, 0.1) is 5.92 Å². The molecule has 1 aromatic rings. The third kappa shape index (κ3) is 4.67. The minimum Gasteiger partial charge on any atom is -0.481 e. The largest absolute Gasteiger partial charge is 0.481 e. The summed E-state index contributed by atoms with van der Waals surface area (Å²) in [6.07, 6.45) is 5.14. The number of pyridine rings is 1. The Balaban J connectivity index is 1.86. The summed E-state index contributed by atoms with van der Waals surface area (Å²) < 4.78 is 4.59. The quantitative estimate of drug-likeness (QED) is 0.726. The fraction of sp³-hybridized carbons (Fsp3) is 0.467. The SMILES string of the molecule is COC(=O)c1cncc(NC(=O)NC2CCC(C(=O)O)CC2)c1. The molecule has 1 aliphatic rings. The van der Waals surface area contributed by atoms with E-state index >= 15 is 0 Å². The Labute approximate surface area is 133 Å². The summed E-state index contributed by atoms with van der Waals surface area (Å²) in [6.45, 7) is 0. The van der Waals surface area contributed by atoms with Crippen molar-refractivity contribution in [2.45, 2.75) is 31.7 Å². The second-order valence-electron chi connectivity index (χ2n) is 5.44. The maximum absolute atomic E-state index is 12.0. The van der Waals surface area contributed by atoms with Gasteiger partial charge in [-0.1, -0.05) is 0 Å². The van der Waals surface area contributed by atoms with Crippen molar-refractivity contribution in [3.05, 3.63) is 24.0 Å². The van der Waals surface area contributed by atoms with Gasteiger partial charge in [0.05, 0.1) is 30.5 Å². The number of esters is 1. The van der Waals surface area contributed by atoms with Gasteiger partial charge in [0.15, 0.2) is 0 Å². The molecule has 124 valence electrons. The van der Waals surface area contributed by atoms with Crippen LogP contribution in [0.15, 0.2) is 18.5 Å². The molecule has 1 heterocycles. The molecule has 0 bridgehead atoms. The summed E-state index contributed by atoms with van der Waals surface area (Å²) in [5, 5.41) is 14.4. The number of nitrogens with zero attached hydrogens (tertiary/aromatic N) is 1. The molecule has 0 aromatic carbocycles. The first kappa shape index (κ1) is 16.7. The summed E-state index contributed by atoms with van der Waals surface area (Å²) in [6, 6.07) is 1.01. The number of amides is 2. The molecule has 0 spiro atoms. The molecule has 0 radical (unpaired) electrons. The minimum atomic E-state index is -0.779.